The number of alkyl halides is 1. The maximum Gasteiger partial charge on any atom is 0.246 e. The fourth-order valence-electron chi connectivity index (χ4n) is 10.2. The van der Waals surface area contributed by atoms with Crippen molar-refractivity contribution >= 4 is 11.7 Å². The van der Waals surface area contributed by atoms with Crippen molar-refractivity contribution in [1.82, 2.24) is 25.3 Å². The van der Waals surface area contributed by atoms with Crippen molar-refractivity contribution < 1.29 is 23.5 Å². The zero-order valence-corrected chi connectivity index (χ0v) is 29.0. The molecule has 0 aromatic heterocycles. The average molecular weight is 677 g/mol. The summed E-state index contributed by atoms with van der Waals surface area (Å²) in [5, 5.41) is 17.5. The summed E-state index contributed by atoms with van der Waals surface area (Å²) < 4.78 is 29.1. The van der Waals surface area contributed by atoms with Gasteiger partial charge in [0, 0.05) is 43.6 Å². The quantitative estimate of drug-likeness (QED) is 0.320. The maximum absolute atomic E-state index is 15.9. The number of rotatable bonds is 7. The second-order valence-electron chi connectivity index (χ2n) is 15.3. The van der Waals surface area contributed by atoms with Crippen molar-refractivity contribution in [2.24, 2.45) is 11.8 Å². The van der Waals surface area contributed by atoms with Gasteiger partial charge in [-0.25, -0.2) is 4.39 Å². The molecular weight excluding hydrogens is 623 g/mol. The van der Waals surface area contributed by atoms with Crippen LogP contribution in [0.2, 0.25) is 0 Å². The standard InChI is InChI=1S/C38H53FN6O4/c1-3-33(46)45-22-21-44(24-27(45)17-19-40)38(26-11-6-4-5-7-12-26)30-16-18-37(23-31(39)29-14-8-9-15-32(29)49-37)35(47)34(30)41-36(42-38)48-25-28-13-10-20-43(28)2/h3,8-9,14-15,26-28,30-31,34,36,41-42H,1,4-7,10-13,16-18,20-25H2,2H3/t27?,28?,30?,31?,34?,36?,37-,38?/m0/s1. The van der Waals surface area contributed by atoms with Gasteiger partial charge in [0.1, 0.15) is 11.9 Å². The van der Waals surface area contributed by atoms with E-state index in [9.17, 15) is 10.1 Å². The van der Waals surface area contributed by atoms with Crippen molar-refractivity contribution in [1.29, 1.82) is 5.26 Å². The first-order chi connectivity index (χ1) is 23.8. The summed E-state index contributed by atoms with van der Waals surface area (Å²) in [7, 11) is 2.13. The first-order valence-electron chi connectivity index (χ1n) is 18.7. The van der Waals surface area contributed by atoms with Crippen LogP contribution in [0.25, 0.3) is 0 Å². The van der Waals surface area contributed by atoms with Crippen molar-refractivity contribution in [3.63, 3.8) is 0 Å². The minimum Gasteiger partial charge on any atom is -0.479 e. The molecule has 1 spiro atoms. The number of Topliss-reactive ketones (excluding diaryl/α,β-unsaturated/α-hetero) is 1. The first kappa shape index (κ1) is 34.6. The Morgan fingerprint density at radius 1 is 1.12 bits per heavy atom. The lowest BCUT2D eigenvalue weighted by Crippen LogP contribution is -2.83. The van der Waals surface area contributed by atoms with Crippen LogP contribution in [0.1, 0.15) is 88.8 Å². The Kier molecular flexibility index (Phi) is 10.2. The fourth-order valence-corrected chi connectivity index (χ4v) is 10.2. The smallest absolute Gasteiger partial charge is 0.246 e. The van der Waals surface area contributed by atoms with Crippen LogP contribution in [0.3, 0.4) is 0 Å². The number of carbonyl (C=O) groups excluding carboxylic acids is 2. The molecule has 4 aliphatic heterocycles. The summed E-state index contributed by atoms with van der Waals surface area (Å²) >= 11 is 0. The number of nitrogens with one attached hydrogen (secondary N) is 2. The number of ether oxygens (including phenoxy) is 2. The Morgan fingerprint density at radius 3 is 2.65 bits per heavy atom. The number of nitriles is 1. The van der Waals surface area contributed by atoms with Gasteiger partial charge in [-0.05, 0) is 70.2 Å². The molecule has 4 heterocycles. The van der Waals surface area contributed by atoms with Crippen LogP contribution in [0.15, 0.2) is 36.9 Å². The van der Waals surface area contributed by atoms with Crippen LogP contribution in [-0.2, 0) is 14.3 Å². The molecule has 2 N–H and O–H groups in total. The van der Waals surface area contributed by atoms with Gasteiger partial charge < -0.3 is 19.3 Å². The van der Waals surface area contributed by atoms with E-state index >= 15 is 9.18 Å². The normalized spacial score (nSPS) is 37.5. The van der Waals surface area contributed by atoms with E-state index in [0.717, 1.165) is 45.1 Å². The zero-order chi connectivity index (χ0) is 34.2. The number of amides is 1. The van der Waals surface area contributed by atoms with Gasteiger partial charge in [0.2, 0.25) is 5.91 Å². The summed E-state index contributed by atoms with van der Waals surface area (Å²) in [5.74, 6) is 0.271. The van der Waals surface area contributed by atoms with Crippen LogP contribution in [-0.4, -0.2) is 102 Å². The molecular formula is C38H53FN6O4. The number of halogens is 1. The Labute approximate surface area is 290 Å². The average Bonchev–Trinajstić information content (AvgIpc) is 3.33. The van der Waals surface area contributed by atoms with Crippen molar-refractivity contribution in [2.75, 3.05) is 39.8 Å². The number of nitrogens with zero attached hydrogens (tertiary/aromatic N) is 4. The van der Waals surface area contributed by atoms with Crippen LogP contribution in [0.4, 0.5) is 4.39 Å². The number of hydrogen-bond donors (Lipinski definition) is 2. The fraction of sp³-hybridized carbons (Fsp3) is 0.711. The first-order valence-corrected chi connectivity index (χ1v) is 18.7. The monoisotopic (exact) mass is 676 g/mol. The number of hydrogen-bond acceptors (Lipinski definition) is 9. The highest BCUT2D eigenvalue weighted by Gasteiger charge is 2.64. The second kappa shape index (κ2) is 14.4. The van der Waals surface area contributed by atoms with Gasteiger partial charge >= 0.3 is 0 Å². The lowest BCUT2D eigenvalue weighted by Gasteiger charge is -2.63. The number of para-hydroxylation sites is 1. The third-order valence-electron chi connectivity index (χ3n) is 12.7. The molecule has 49 heavy (non-hydrogen) atoms. The minimum absolute atomic E-state index is 0.00256. The number of piperazine rings is 1. The number of carbonyl (C=O) groups is 2. The topological polar surface area (TPSA) is 110 Å². The molecule has 7 unspecified atom stereocenters. The van der Waals surface area contributed by atoms with Gasteiger partial charge in [-0.15, -0.1) is 0 Å². The summed E-state index contributed by atoms with van der Waals surface area (Å²) in [6.45, 7) is 6.86. The molecule has 6 aliphatic rings. The van der Waals surface area contributed by atoms with Crippen LogP contribution < -0.4 is 15.4 Å². The number of likely N-dealkylation sites (tertiary alicyclic amines) is 1. The molecule has 1 aromatic rings. The molecule has 0 radical (unpaired) electrons. The van der Waals surface area contributed by atoms with Crippen molar-refractivity contribution in [2.45, 2.75) is 119 Å². The highest BCUT2D eigenvalue weighted by molar-refractivity contribution is 5.94. The molecule has 2 aliphatic carbocycles. The summed E-state index contributed by atoms with van der Waals surface area (Å²) in [6, 6.07) is 8.87. The van der Waals surface area contributed by atoms with E-state index in [1.54, 1.807) is 17.0 Å². The van der Waals surface area contributed by atoms with Crippen molar-refractivity contribution in [3.8, 4) is 11.8 Å². The molecule has 3 saturated heterocycles. The van der Waals surface area contributed by atoms with Gasteiger partial charge in [0.25, 0.3) is 0 Å². The predicted octanol–water partition coefficient (Wildman–Crippen LogP) is 4.43. The summed E-state index contributed by atoms with van der Waals surface area (Å²) in [4.78, 5) is 34.6. The largest absolute Gasteiger partial charge is 0.479 e. The van der Waals surface area contributed by atoms with Gasteiger partial charge in [0.15, 0.2) is 17.7 Å². The molecule has 11 heteroatoms. The van der Waals surface area contributed by atoms with Crippen LogP contribution in [0, 0.1) is 23.2 Å². The number of fused-ring (bicyclic) bond motifs is 2. The van der Waals surface area contributed by atoms with Gasteiger partial charge in [-0.2, -0.15) is 5.26 Å². The molecule has 10 nitrogen and oxygen atoms in total. The highest BCUT2D eigenvalue weighted by atomic mass is 19.1. The van der Waals surface area contributed by atoms with E-state index in [-0.39, 0.29) is 42.4 Å². The molecule has 2 saturated carbocycles. The minimum atomic E-state index is -1.29. The molecule has 5 fully saturated rings. The predicted molar refractivity (Wildman–Crippen MR) is 183 cm³/mol. The number of benzene rings is 1. The zero-order valence-electron chi connectivity index (χ0n) is 29.0. The van der Waals surface area contributed by atoms with E-state index in [2.05, 4.69) is 40.1 Å². The maximum atomic E-state index is 15.9. The molecule has 266 valence electrons. The SMILES string of the molecule is C=CC(=O)N1CCN(C2(C3CCCCCC3)NC(OCC3CCCN3C)NC3C(=O)[C@]4(CCC32)CC(F)c2ccccc2O4)CC1CC#N. The second-order valence-corrected chi connectivity index (χ2v) is 15.3. The Morgan fingerprint density at radius 2 is 1.92 bits per heavy atom. The molecule has 7 rings (SSSR count). The lowest BCUT2D eigenvalue weighted by molar-refractivity contribution is -0.194. The Bertz CT molecular complexity index is 1430. The van der Waals surface area contributed by atoms with Gasteiger partial charge in [0.05, 0.1) is 36.8 Å². The highest BCUT2D eigenvalue weighted by Crippen LogP contribution is 2.52. The molecule has 1 amide bonds. The van der Waals surface area contributed by atoms with E-state index in [1.807, 2.05) is 12.1 Å². The summed E-state index contributed by atoms with van der Waals surface area (Å²) in [6.07, 6.45) is 9.53. The lowest BCUT2D eigenvalue weighted by atomic mass is 9.61. The van der Waals surface area contributed by atoms with E-state index in [0.29, 0.717) is 56.4 Å². The third-order valence-corrected chi connectivity index (χ3v) is 12.7. The van der Waals surface area contributed by atoms with Gasteiger partial charge in [-0.3, -0.25) is 25.1 Å². The number of likely N-dealkylation sites (N-methyl/N-ethyl adjacent to an activating group) is 1. The van der Waals surface area contributed by atoms with Crippen LogP contribution >= 0.6 is 0 Å². The van der Waals surface area contributed by atoms with Crippen molar-refractivity contribution in [3.05, 3.63) is 42.5 Å². The number of ketones is 1. The Hall–Kier alpha value is -2.88. The molecule has 1 aromatic carbocycles. The van der Waals surface area contributed by atoms with Gasteiger partial charge in [-0.1, -0.05) is 50.5 Å². The molecule has 8 atom stereocenters. The van der Waals surface area contributed by atoms with E-state index < -0.39 is 29.8 Å². The molecule has 0 bridgehead atoms. The third kappa shape index (κ3) is 6.33. The van der Waals surface area contributed by atoms with Crippen LogP contribution in [0.5, 0.6) is 5.75 Å². The van der Waals surface area contributed by atoms with E-state index in [4.69, 9.17) is 9.47 Å². The van der Waals surface area contributed by atoms with E-state index in [1.165, 1.54) is 18.9 Å². The summed E-state index contributed by atoms with van der Waals surface area (Å²) in [5.41, 5.74) is -1.39. The Balaban J connectivity index is 1.28.